The topological polar surface area (TPSA) is 123 Å². The van der Waals surface area contributed by atoms with Crippen molar-refractivity contribution in [2.75, 3.05) is 5.75 Å². The van der Waals surface area contributed by atoms with E-state index in [4.69, 9.17) is 14.6 Å². The minimum absolute atomic E-state index is 0.00877. The van der Waals surface area contributed by atoms with Crippen molar-refractivity contribution in [2.45, 2.75) is 63.0 Å². The summed E-state index contributed by atoms with van der Waals surface area (Å²) in [6.45, 7) is 2.48. The minimum atomic E-state index is -0.901. The Hall–Kier alpha value is -3.18. The zero-order chi connectivity index (χ0) is 27.8. The van der Waals surface area contributed by atoms with Gasteiger partial charge in [-0.1, -0.05) is 67.2 Å². The van der Waals surface area contributed by atoms with E-state index >= 15 is 0 Å². The molecule has 208 valence electrons. The molecule has 2 heterocycles. The van der Waals surface area contributed by atoms with Crippen LogP contribution in [-0.4, -0.2) is 43.5 Å². The van der Waals surface area contributed by atoms with Gasteiger partial charge < -0.3 is 29.6 Å². The van der Waals surface area contributed by atoms with Crippen LogP contribution in [0.1, 0.15) is 60.8 Å². The van der Waals surface area contributed by atoms with Crippen molar-refractivity contribution in [3.05, 3.63) is 83.2 Å². The maximum atomic E-state index is 12.0. The lowest BCUT2D eigenvalue weighted by Gasteiger charge is -2.41. The Morgan fingerprint density at radius 1 is 1.03 bits per heavy atom. The molecule has 1 aliphatic heterocycles. The number of aliphatic hydroxyl groups is 1. The first kappa shape index (κ1) is 28.8. The van der Waals surface area contributed by atoms with Crippen LogP contribution >= 0.6 is 11.8 Å². The fourth-order valence-electron chi connectivity index (χ4n) is 4.44. The second kappa shape index (κ2) is 13.7. The average Bonchev–Trinajstić information content (AvgIpc) is 3.36. The van der Waals surface area contributed by atoms with Crippen LogP contribution in [0, 0.1) is 5.92 Å². The third-order valence-electron chi connectivity index (χ3n) is 6.81. The lowest BCUT2D eigenvalue weighted by molar-refractivity contribution is -0.268. The van der Waals surface area contributed by atoms with Crippen molar-refractivity contribution < 1.29 is 29.3 Å². The number of carboxylic acids is 1. The van der Waals surface area contributed by atoms with E-state index in [0.29, 0.717) is 18.7 Å². The highest BCUT2D eigenvalue weighted by Gasteiger charge is 2.38. The number of carboxylic acid groups (broad SMARTS) is 1. The number of aromatic nitrogens is 2. The van der Waals surface area contributed by atoms with Crippen LogP contribution < -0.4 is 5.32 Å². The summed E-state index contributed by atoms with van der Waals surface area (Å²) >= 11 is 1.65. The molecule has 1 fully saturated rings. The highest BCUT2D eigenvalue weighted by Crippen LogP contribution is 2.42. The summed E-state index contributed by atoms with van der Waals surface area (Å²) in [5.74, 6) is -0.286. The van der Waals surface area contributed by atoms with Gasteiger partial charge in [0.15, 0.2) is 11.4 Å². The van der Waals surface area contributed by atoms with E-state index in [1.807, 2.05) is 66.3 Å². The monoisotopic (exact) mass is 553 g/mol. The summed E-state index contributed by atoms with van der Waals surface area (Å²) in [4.78, 5) is 27.0. The van der Waals surface area contributed by atoms with Gasteiger partial charge in [-0.05, 0) is 23.1 Å². The molecule has 0 aliphatic carbocycles. The molecule has 0 radical (unpaired) electrons. The van der Waals surface area contributed by atoms with Crippen LogP contribution in [0.25, 0.3) is 0 Å². The van der Waals surface area contributed by atoms with E-state index in [0.717, 1.165) is 27.4 Å². The third kappa shape index (κ3) is 7.92. The summed E-state index contributed by atoms with van der Waals surface area (Å²) < 4.78 is 15.0. The molecule has 1 aromatic heterocycles. The van der Waals surface area contributed by atoms with Gasteiger partial charge in [-0.3, -0.25) is 9.59 Å². The zero-order valence-electron chi connectivity index (χ0n) is 22.2. The van der Waals surface area contributed by atoms with Gasteiger partial charge in [0, 0.05) is 56.1 Å². The molecule has 0 bridgehead atoms. The first-order valence-corrected chi connectivity index (χ1v) is 14.0. The lowest BCUT2D eigenvalue weighted by atomic mass is 9.91. The quantitative estimate of drug-likeness (QED) is 0.283. The Balaban J connectivity index is 1.44. The number of carbonyl (C=O) groups excluding carboxylic acids is 1. The number of carbonyl (C=O) groups is 2. The predicted molar refractivity (Wildman–Crippen MR) is 147 cm³/mol. The van der Waals surface area contributed by atoms with Crippen molar-refractivity contribution in [3.63, 3.8) is 0 Å². The number of aliphatic carboxylic acids is 1. The first-order chi connectivity index (χ1) is 18.8. The Labute approximate surface area is 232 Å². The zero-order valence-corrected chi connectivity index (χ0v) is 23.0. The van der Waals surface area contributed by atoms with Gasteiger partial charge in [-0.15, -0.1) is 0 Å². The molecule has 1 amide bonds. The van der Waals surface area contributed by atoms with E-state index in [-0.39, 0.29) is 43.5 Å². The molecule has 4 rings (SSSR count). The van der Waals surface area contributed by atoms with Gasteiger partial charge in [-0.2, -0.15) is 0 Å². The van der Waals surface area contributed by atoms with E-state index in [2.05, 4.69) is 17.2 Å². The largest absolute Gasteiger partial charge is 0.481 e. The smallest absolute Gasteiger partial charge is 0.303 e. The van der Waals surface area contributed by atoms with Gasteiger partial charge in [-0.25, -0.2) is 4.98 Å². The molecule has 4 unspecified atom stereocenters. The van der Waals surface area contributed by atoms with Crippen LogP contribution in [-0.2, 0) is 39.3 Å². The minimum Gasteiger partial charge on any atom is -0.481 e. The number of thioether (sulfide) groups is 1. The SMILES string of the molecule is CC1C(CSc2nccn2C)OC(c2ccc(CNC(=O)CCCC(=O)O)cc2)OC1c1ccc(CO)cc1. The number of aryl methyl sites for hydroxylation is 1. The molecule has 4 atom stereocenters. The number of ether oxygens (including phenoxy) is 2. The van der Waals surface area contributed by atoms with E-state index in [9.17, 15) is 14.7 Å². The normalized spacial score (nSPS) is 21.0. The van der Waals surface area contributed by atoms with Gasteiger partial charge in [0.05, 0.1) is 18.8 Å². The highest BCUT2D eigenvalue weighted by atomic mass is 32.2. The number of hydrogen-bond acceptors (Lipinski definition) is 7. The molecule has 1 saturated heterocycles. The van der Waals surface area contributed by atoms with Crippen LogP contribution in [0.3, 0.4) is 0 Å². The Bertz CT molecular complexity index is 1230. The fraction of sp³-hybridized carbons (Fsp3) is 0.414. The molecule has 1 aliphatic rings. The third-order valence-corrected chi connectivity index (χ3v) is 7.96. The van der Waals surface area contributed by atoms with Crippen molar-refractivity contribution in [2.24, 2.45) is 13.0 Å². The molecule has 0 spiro atoms. The number of nitrogens with one attached hydrogen (secondary N) is 1. The predicted octanol–water partition coefficient (Wildman–Crippen LogP) is 4.37. The summed E-state index contributed by atoms with van der Waals surface area (Å²) in [7, 11) is 1.97. The second-order valence-corrected chi connectivity index (χ2v) is 10.7. The van der Waals surface area contributed by atoms with Crippen LogP contribution in [0.2, 0.25) is 0 Å². The maximum absolute atomic E-state index is 12.0. The van der Waals surface area contributed by atoms with Gasteiger partial charge >= 0.3 is 5.97 Å². The molecular weight excluding hydrogens is 518 g/mol. The number of hydrogen-bond donors (Lipinski definition) is 3. The average molecular weight is 554 g/mol. The fourth-order valence-corrected chi connectivity index (χ4v) is 5.53. The van der Waals surface area contributed by atoms with Crippen molar-refractivity contribution in [3.8, 4) is 0 Å². The number of benzene rings is 2. The number of imidazole rings is 1. The number of nitrogens with zero attached hydrogens (tertiary/aromatic N) is 2. The Morgan fingerprint density at radius 2 is 1.72 bits per heavy atom. The van der Waals surface area contributed by atoms with Crippen LogP contribution in [0.15, 0.2) is 66.1 Å². The van der Waals surface area contributed by atoms with Crippen molar-refractivity contribution >= 4 is 23.6 Å². The number of rotatable bonds is 12. The standard InChI is InChI=1S/C29H35N3O6S/c1-19-24(18-39-29-30-14-15-32(29)2)37-28(38-27(19)22-10-8-21(17-33)9-11-22)23-12-6-20(7-13-23)16-31-25(34)4-3-5-26(35)36/h6-15,19,24,27-28,33H,3-5,16-18H2,1-2H3,(H,31,34)(H,35,36). The van der Waals surface area contributed by atoms with E-state index in [1.165, 1.54) is 0 Å². The molecule has 3 N–H and O–H groups in total. The molecule has 10 heteroatoms. The van der Waals surface area contributed by atoms with Crippen molar-refractivity contribution in [1.82, 2.24) is 14.9 Å². The van der Waals surface area contributed by atoms with Gasteiger partial charge in [0.2, 0.25) is 5.91 Å². The molecule has 39 heavy (non-hydrogen) atoms. The van der Waals surface area contributed by atoms with Crippen LogP contribution in [0.4, 0.5) is 0 Å². The van der Waals surface area contributed by atoms with Gasteiger partial charge in [0.25, 0.3) is 0 Å². The molecular formula is C29H35N3O6S. The Morgan fingerprint density at radius 3 is 2.36 bits per heavy atom. The summed E-state index contributed by atoms with van der Waals surface area (Å²) in [5, 5.41) is 21.9. The van der Waals surface area contributed by atoms with Gasteiger partial charge in [0.1, 0.15) is 0 Å². The van der Waals surface area contributed by atoms with Crippen molar-refractivity contribution in [1.29, 1.82) is 0 Å². The number of amides is 1. The van der Waals surface area contributed by atoms with E-state index in [1.54, 1.807) is 18.0 Å². The highest BCUT2D eigenvalue weighted by molar-refractivity contribution is 7.99. The Kier molecular flexibility index (Phi) is 10.2. The molecule has 0 saturated carbocycles. The molecule has 9 nitrogen and oxygen atoms in total. The van der Waals surface area contributed by atoms with E-state index < -0.39 is 12.3 Å². The summed E-state index contributed by atoms with van der Waals surface area (Å²) in [5.41, 5.74) is 3.68. The molecule has 3 aromatic rings. The maximum Gasteiger partial charge on any atom is 0.303 e. The first-order valence-electron chi connectivity index (χ1n) is 13.0. The summed E-state index contributed by atoms with van der Waals surface area (Å²) in [6.07, 6.45) is 3.32. The number of aliphatic hydroxyl groups excluding tert-OH is 1. The second-order valence-electron chi connectivity index (χ2n) is 9.72. The lowest BCUT2D eigenvalue weighted by Crippen LogP contribution is -2.38. The van der Waals surface area contributed by atoms with Crippen LogP contribution in [0.5, 0.6) is 0 Å². The molecule has 2 aromatic carbocycles. The summed E-state index contributed by atoms with van der Waals surface area (Å²) in [6, 6.07) is 15.6.